The smallest absolute Gasteiger partial charge is 0.126 e. The third-order valence-corrected chi connectivity index (χ3v) is 3.58. The van der Waals surface area contributed by atoms with Crippen LogP contribution in [0.2, 0.25) is 0 Å². The lowest BCUT2D eigenvalue weighted by Crippen LogP contribution is -2.30. The van der Waals surface area contributed by atoms with Gasteiger partial charge in [0.25, 0.3) is 0 Å². The second-order valence-corrected chi connectivity index (χ2v) is 4.23. The van der Waals surface area contributed by atoms with Gasteiger partial charge in [-0.25, -0.2) is 4.39 Å². The molecule has 1 aromatic carbocycles. The molecule has 1 aromatic rings. The summed E-state index contributed by atoms with van der Waals surface area (Å²) < 4.78 is 13.4. The lowest BCUT2D eigenvalue weighted by atomic mass is 9.96. The molecule has 0 saturated heterocycles. The highest BCUT2D eigenvalue weighted by atomic mass is 19.1. The van der Waals surface area contributed by atoms with Gasteiger partial charge in [-0.15, -0.1) is 0 Å². The minimum absolute atomic E-state index is 0.0725. The van der Waals surface area contributed by atoms with E-state index in [9.17, 15) is 4.39 Å². The summed E-state index contributed by atoms with van der Waals surface area (Å²) in [6.07, 6.45) is 3.01. The van der Waals surface area contributed by atoms with Crippen LogP contribution >= 0.6 is 0 Å². The maximum atomic E-state index is 13.4. The Kier molecular flexibility index (Phi) is 1.23. The van der Waals surface area contributed by atoms with Gasteiger partial charge in [0.2, 0.25) is 0 Å². The van der Waals surface area contributed by atoms with Crippen molar-refractivity contribution in [3.05, 3.63) is 35.1 Å². The van der Waals surface area contributed by atoms with Crippen molar-refractivity contribution in [1.82, 2.24) is 0 Å². The Morgan fingerprint density at radius 2 is 2.15 bits per heavy atom. The Labute approximate surface area is 76.7 Å². The third-order valence-electron chi connectivity index (χ3n) is 3.58. The van der Waals surface area contributed by atoms with Crippen molar-refractivity contribution in [1.29, 1.82) is 0 Å². The predicted octanol–water partition coefficient (Wildman–Crippen LogP) is 1.74. The number of hydrogen-bond donors (Lipinski definition) is 1. The Balaban J connectivity index is 2.22. The third kappa shape index (κ3) is 0.792. The van der Waals surface area contributed by atoms with Crippen molar-refractivity contribution >= 4 is 0 Å². The monoisotopic (exact) mass is 177 g/mol. The van der Waals surface area contributed by atoms with Crippen molar-refractivity contribution < 1.29 is 4.39 Å². The van der Waals surface area contributed by atoms with Crippen molar-refractivity contribution in [2.75, 3.05) is 0 Å². The molecule has 1 atom stereocenters. The average Bonchev–Trinajstić information content (AvgIpc) is 2.83. The van der Waals surface area contributed by atoms with E-state index in [1.54, 1.807) is 6.07 Å². The number of benzene rings is 1. The van der Waals surface area contributed by atoms with Gasteiger partial charge < -0.3 is 5.73 Å². The van der Waals surface area contributed by atoms with Gasteiger partial charge >= 0.3 is 0 Å². The molecule has 2 aliphatic carbocycles. The summed E-state index contributed by atoms with van der Waals surface area (Å²) in [7, 11) is 0. The lowest BCUT2D eigenvalue weighted by Gasteiger charge is -2.13. The number of hydrogen-bond acceptors (Lipinski definition) is 1. The molecule has 1 unspecified atom stereocenters. The summed E-state index contributed by atoms with van der Waals surface area (Å²) in [4.78, 5) is 0. The van der Waals surface area contributed by atoms with E-state index in [0.717, 1.165) is 24.8 Å². The zero-order valence-electron chi connectivity index (χ0n) is 7.39. The van der Waals surface area contributed by atoms with E-state index in [0.29, 0.717) is 0 Å². The SMILES string of the molecule is NC1Cc2c(F)cccc2C12CC2. The first-order valence-corrected chi connectivity index (χ1v) is 4.77. The number of fused-ring (bicyclic) bond motifs is 2. The molecule has 0 heterocycles. The van der Waals surface area contributed by atoms with Gasteiger partial charge in [0.1, 0.15) is 5.82 Å². The predicted molar refractivity (Wildman–Crippen MR) is 49.0 cm³/mol. The average molecular weight is 177 g/mol. The first-order valence-electron chi connectivity index (χ1n) is 4.77. The molecule has 1 spiro atoms. The summed E-state index contributed by atoms with van der Waals surface area (Å²) in [5.74, 6) is -0.0725. The van der Waals surface area contributed by atoms with Crippen LogP contribution in [0.4, 0.5) is 4.39 Å². The van der Waals surface area contributed by atoms with Crippen molar-refractivity contribution in [3.8, 4) is 0 Å². The van der Waals surface area contributed by atoms with E-state index in [1.807, 2.05) is 6.07 Å². The molecular weight excluding hydrogens is 165 g/mol. The summed E-state index contributed by atoms with van der Waals surface area (Å²) in [6.45, 7) is 0. The Bertz CT molecular complexity index is 368. The zero-order valence-corrected chi connectivity index (χ0v) is 7.39. The number of halogens is 1. The molecule has 2 heteroatoms. The summed E-state index contributed by atoms with van der Waals surface area (Å²) in [5.41, 5.74) is 8.24. The molecular formula is C11H12FN. The van der Waals surface area contributed by atoms with Crippen LogP contribution in [0.15, 0.2) is 18.2 Å². The van der Waals surface area contributed by atoms with Crippen LogP contribution in [0, 0.1) is 5.82 Å². The maximum Gasteiger partial charge on any atom is 0.126 e. The van der Waals surface area contributed by atoms with Gasteiger partial charge in [0, 0.05) is 11.5 Å². The first-order chi connectivity index (χ1) is 6.24. The van der Waals surface area contributed by atoms with Crippen LogP contribution in [0.1, 0.15) is 24.0 Å². The van der Waals surface area contributed by atoms with Crippen LogP contribution in [-0.4, -0.2) is 6.04 Å². The van der Waals surface area contributed by atoms with Crippen molar-refractivity contribution in [2.45, 2.75) is 30.7 Å². The van der Waals surface area contributed by atoms with Gasteiger partial charge in [-0.1, -0.05) is 12.1 Å². The van der Waals surface area contributed by atoms with E-state index < -0.39 is 0 Å². The Morgan fingerprint density at radius 1 is 1.38 bits per heavy atom. The van der Waals surface area contributed by atoms with Crippen LogP contribution < -0.4 is 5.73 Å². The molecule has 0 aliphatic heterocycles. The molecule has 2 aliphatic rings. The number of nitrogens with two attached hydrogens (primary N) is 1. The molecule has 1 saturated carbocycles. The van der Waals surface area contributed by atoms with Crippen LogP contribution in [0.5, 0.6) is 0 Å². The molecule has 68 valence electrons. The highest BCUT2D eigenvalue weighted by Crippen LogP contribution is 2.56. The normalized spacial score (nSPS) is 27.7. The van der Waals surface area contributed by atoms with Gasteiger partial charge in [-0.2, -0.15) is 0 Å². The maximum absolute atomic E-state index is 13.4. The molecule has 0 bridgehead atoms. The van der Waals surface area contributed by atoms with Gasteiger partial charge in [-0.3, -0.25) is 0 Å². The quantitative estimate of drug-likeness (QED) is 0.641. The summed E-state index contributed by atoms with van der Waals surface area (Å²) >= 11 is 0. The molecule has 2 N–H and O–H groups in total. The largest absolute Gasteiger partial charge is 0.327 e. The van der Waals surface area contributed by atoms with Crippen molar-refractivity contribution in [2.24, 2.45) is 5.73 Å². The lowest BCUT2D eigenvalue weighted by molar-refractivity contribution is 0.558. The fourth-order valence-electron chi connectivity index (χ4n) is 2.62. The van der Waals surface area contributed by atoms with Gasteiger partial charge in [-0.05, 0) is 36.5 Å². The molecule has 1 nitrogen and oxygen atoms in total. The Morgan fingerprint density at radius 3 is 2.85 bits per heavy atom. The minimum Gasteiger partial charge on any atom is -0.327 e. The van der Waals surface area contributed by atoms with Crippen LogP contribution in [-0.2, 0) is 11.8 Å². The van der Waals surface area contributed by atoms with E-state index in [4.69, 9.17) is 5.73 Å². The topological polar surface area (TPSA) is 26.0 Å². The molecule has 0 amide bonds. The molecule has 0 aromatic heterocycles. The number of rotatable bonds is 0. The standard InChI is InChI=1S/C11H12FN/c12-9-3-1-2-8-7(9)6-10(13)11(8)4-5-11/h1-3,10H,4-6,13H2. The molecule has 3 rings (SSSR count). The van der Waals surface area contributed by atoms with Gasteiger partial charge in [0.15, 0.2) is 0 Å². The second-order valence-electron chi connectivity index (χ2n) is 4.23. The van der Waals surface area contributed by atoms with E-state index in [1.165, 1.54) is 11.6 Å². The fourth-order valence-corrected chi connectivity index (χ4v) is 2.62. The van der Waals surface area contributed by atoms with E-state index >= 15 is 0 Å². The van der Waals surface area contributed by atoms with E-state index in [-0.39, 0.29) is 17.3 Å². The van der Waals surface area contributed by atoms with E-state index in [2.05, 4.69) is 0 Å². The highest BCUT2D eigenvalue weighted by molar-refractivity contribution is 5.47. The highest BCUT2D eigenvalue weighted by Gasteiger charge is 2.54. The summed E-state index contributed by atoms with van der Waals surface area (Å²) in [5, 5.41) is 0. The van der Waals surface area contributed by atoms with Gasteiger partial charge in [0.05, 0.1) is 0 Å². The zero-order chi connectivity index (χ0) is 9.05. The first kappa shape index (κ1) is 7.51. The minimum atomic E-state index is -0.0725. The molecule has 13 heavy (non-hydrogen) atoms. The fraction of sp³-hybridized carbons (Fsp3) is 0.455. The van der Waals surface area contributed by atoms with Crippen LogP contribution in [0.25, 0.3) is 0 Å². The molecule has 0 radical (unpaired) electrons. The Hall–Kier alpha value is -0.890. The second kappa shape index (κ2) is 2.13. The van der Waals surface area contributed by atoms with Crippen LogP contribution in [0.3, 0.4) is 0 Å². The summed E-state index contributed by atoms with van der Waals surface area (Å²) in [6, 6.07) is 5.52. The molecule has 1 fully saturated rings. The van der Waals surface area contributed by atoms with Crippen molar-refractivity contribution in [3.63, 3.8) is 0 Å².